The number of aromatic amines is 1. The smallest absolute Gasteiger partial charge is 0.414 e. The van der Waals surface area contributed by atoms with Crippen LogP contribution in [-0.2, 0) is 21.1 Å². The highest BCUT2D eigenvalue weighted by Gasteiger charge is 2.23. The summed E-state index contributed by atoms with van der Waals surface area (Å²) in [6.45, 7) is -3.28. The maximum atomic E-state index is 9.52. The molecule has 1 aromatic heterocycles. The molecule has 0 saturated heterocycles. The average molecular weight is 302 g/mol. The van der Waals surface area contributed by atoms with Crippen LogP contribution in [0.3, 0.4) is 0 Å². The molecule has 0 aliphatic heterocycles. The van der Waals surface area contributed by atoms with Crippen molar-refractivity contribution in [3.63, 3.8) is 0 Å². The monoisotopic (exact) mass is 302 g/mol. The van der Waals surface area contributed by atoms with Crippen molar-refractivity contribution in [2.75, 3.05) is 0 Å². The average Bonchev–Trinajstić information content (AvgIpc) is 2.94. The number of nitrogens with two attached hydrogens (primary N) is 2. The van der Waals surface area contributed by atoms with Crippen LogP contribution in [0.1, 0.15) is 0 Å². The number of aromatic nitrogens is 2. The van der Waals surface area contributed by atoms with E-state index in [-0.39, 0.29) is 11.5 Å². The third-order valence-corrected chi connectivity index (χ3v) is 3.86. The largest absolute Gasteiger partial charge is 0.508 e. The molecule has 0 fully saturated rings. The van der Waals surface area contributed by atoms with Crippen LogP contribution < -0.4 is 16.3 Å². The van der Waals surface area contributed by atoms with E-state index in [4.69, 9.17) is 28.1 Å². The minimum absolute atomic E-state index is 0.0365. The third-order valence-electron chi connectivity index (χ3n) is 2.18. The predicted molar refractivity (Wildman–Crippen MR) is 71.1 cm³/mol. The molecule has 0 aliphatic rings. The van der Waals surface area contributed by atoms with Gasteiger partial charge in [0.15, 0.2) is 0 Å². The number of hydrogen-bond acceptors (Lipinski definition) is 8. The number of nitrogens with zero attached hydrogens (tertiary/aromatic N) is 1. The van der Waals surface area contributed by atoms with Crippen LogP contribution >= 0.6 is 6.72 Å². The number of H-pyrrole nitrogens is 1. The van der Waals surface area contributed by atoms with Gasteiger partial charge in [0.25, 0.3) is 0 Å². The number of phenolic OH excluding ortho intramolecular Hbond substituents is 1. The van der Waals surface area contributed by atoms with Crippen molar-refractivity contribution in [1.82, 2.24) is 9.97 Å². The fraction of sp³-hybridized carbons (Fsp3) is 0. The number of nitrogens with one attached hydrogen (secondary N) is 1. The van der Waals surface area contributed by atoms with Gasteiger partial charge < -0.3 is 14.6 Å². The Hall–Kier alpha value is -1.48. The van der Waals surface area contributed by atoms with E-state index in [0.717, 1.165) is 0 Å². The van der Waals surface area contributed by atoms with Gasteiger partial charge in [-0.05, 0) is 18.2 Å². The van der Waals surface area contributed by atoms with Crippen LogP contribution in [0.25, 0.3) is 11.4 Å². The van der Waals surface area contributed by atoms with Crippen LogP contribution in [-0.4, -0.2) is 15.1 Å². The van der Waals surface area contributed by atoms with Crippen LogP contribution in [0.15, 0.2) is 30.6 Å². The van der Waals surface area contributed by atoms with Crippen LogP contribution in [0.2, 0.25) is 0 Å². The van der Waals surface area contributed by atoms with Crippen LogP contribution in [0.5, 0.6) is 11.5 Å². The van der Waals surface area contributed by atoms with E-state index < -0.39 is 6.72 Å². The quantitative estimate of drug-likeness (QED) is 0.478. The molecule has 19 heavy (non-hydrogen) atoms. The summed E-state index contributed by atoms with van der Waals surface area (Å²) < 4.78 is 14.3. The summed E-state index contributed by atoms with van der Waals surface area (Å²) >= 11 is 4.91. The Morgan fingerprint density at radius 3 is 2.63 bits per heavy atom. The Bertz CT molecular complexity index is 598. The van der Waals surface area contributed by atoms with Gasteiger partial charge in [0.05, 0.1) is 5.56 Å². The molecule has 102 valence electrons. The first-order valence-corrected chi connectivity index (χ1v) is 7.53. The lowest BCUT2D eigenvalue weighted by Gasteiger charge is -2.18. The van der Waals surface area contributed by atoms with E-state index >= 15 is 0 Å². The van der Waals surface area contributed by atoms with Gasteiger partial charge >= 0.3 is 6.72 Å². The summed E-state index contributed by atoms with van der Waals surface area (Å²) in [5.41, 5.74) is 0.466. The molecule has 0 unspecified atom stereocenters. The lowest BCUT2D eigenvalue weighted by atomic mass is 10.2. The fourth-order valence-electron chi connectivity index (χ4n) is 1.38. The second kappa shape index (κ2) is 5.66. The molecule has 6 N–H and O–H groups in total. The SMILES string of the molecule is NOP(=S)(ON)Oc1ccc(O)cc1-c1ncc[nH]1. The van der Waals surface area contributed by atoms with Gasteiger partial charge in [-0.2, -0.15) is 0 Å². The number of hydrogen-bond donors (Lipinski definition) is 4. The second-order valence-electron chi connectivity index (χ2n) is 3.37. The van der Waals surface area contributed by atoms with Gasteiger partial charge in [-0.15, -0.1) is 0 Å². The lowest BCUT2D eigenvalue weighted by molar-refractivity contribution is 0.209. The molecule has 0 saturated carbocycles. The van der Waals surface area contributed by atoms with E-state index in [1.807, 2.05) is 0 Å². The van der Waals surface area contributed by atoms with E-state index in [1.54, 1.807) is 12.4 Å². The number of rotatable bonds is 5. The highest BCUT2D eigenvalue weighted by molar-refractivity contribution is 8.07. The second-order valence-corrected chi connectivity index (χ2v) is 6.21. The first-order valence-electron chi connectivity index (χ1n) is 4.97. The van der Waals surface area contributed by atoms with E-state index in [1.165, 1.54) is 18.2 Å². The molecule has 0 spiro atoms. The van der Waals surface area contributed by atoms with Gasteiger partial charge in [-0.25, -0.2) is 26.0 Å². The Balaban J connectivity index is 2.44. The Morgan fingerprint density at radius 2 is 2.05 bits per heavy atom. The van der Waals surface area contributed by atoms with Crippen molar-refractivity contribution >= 4 is 18.5 Å². The number of aromatic hydroxyl groups is 1. The molecule has 1 heterocycles. The first-order chi connectivity index (χ1) is 9.08. The summed E-state index contributed by atoms with van der Waals surface area (Å²) in [6.07, 6.45) is 3.18. The summed E-state index contributed by atoms with van der Waals surface area (Å²) in [4.78, 5) is 6.93. The maximum Gasteiger partial charge on any atom is 0.414 e. The standard InChI is InChI=1S/C9H11N4O4PS/c10-16-18(19,17-11)15-8-2-1-6(14)5-7(8)9-12-3-4-13-9/h1-5,14H,10-11H2,(H,12,13). The van der Waals surface area contributed by atoms with Crippen molar-refractivity contribution in [2.45, 2.75) is 0 Å². The van der Waals surface area contributed by atoms with Gasteiger partial charge in [0, 0.05) is 24.2 Å². The number of imidazole rings is 1. The number of phenols is 1. The molecular weight excluding hydrogens is 291 g/mol. The summed E-state index contributed by atoms with van der Waals surface area (Å²) in [7, 11) is 0. The van der Waals surface area contributed by atoms with E-state index in [2.05, 4.69) is 19.2 Å². The normalized spacial score (nSPS) is 11.5. The topological polar surface area (TPSA) is 129 Å². The Labute approximate surface area is 113 Å². The van der Waals surface area contributed by atoms with E-state index in [0.29, 0.717) is 11.4 Å². The molecule has 2 rings (SSSR count). The molecule has 8 nitrogen and oxygen atoms in total. The van der Waals surface area contributed by atoms with Gasteiger partial charge in [0.2, 0.25) is 0 Å². The summed E-state index contributed by atoms with van der Waals surface area (Å²) in [5, 5.41) is 9.52. The molecule has 0 amide bonds. The van der Waals surface area contributed by atoms with Crippen molar-refractivity contribution in [3.8, 4) is 22.9 Å². The maximum absolute atomic E-state index is 9.52. The van der Waals surface area contributed by atoms with Crippen molar-refractivity contribution < 1.29 is 18.9 Å². The summed E-state index contributed by atoms with van der Waals surface area (Å²) in [6, 6.07) is 4.33. The molecule has 2 aromatic rings. The molecule has 0 radical (unpaired) electrons. The molecule has 1 aromatic carbocycles. The Morgan fingerprint density at radius 1 is 1.32 bits per heavy atom. The van der Waals surface area contributed by atoms with Crippen LogP contribution in [0, 0.1) is 0 Å². The zero-order valence-corrected chi connectivity index (χ0v) is 11.2. The highest BCUT2D eigenvalue weighted by Crippen LogP contribution is 2.48. The zero-order chi connectivity index (χ0) is 13.9. The van der Waals surface area contributed by atoms with Crippen molar-refractivity contribution in [1.29, 1.82) is 0 Å². The fourth-order valence-corrected chi connectivity index (χ4v) is 2.16. The molecule has 0 atom stereocenters. The van der Waals surface area contributed by atoms with Crippen molar-refractivity contribution in [2.24, 2.45) is 11.8 Å². The van der Waals surface area contributed by atoms with Gasteiger partial charge in [-0.1, -0.05) is 0 Å². The minimum Gasteiger partial charge on any atom is -0.508 e. The molecule has 0 bridgehead atoms. The zero-order valence-electron chi connectivity index (χ0n) is 9.52. The summed E-state index contributed by atoms with van der Waals surface area (Å²) in [5.74, 6) is 10.8. The van der Waals surface area contributed by atoms with Gasteiger partial charge in [0.1, 0.15) is 17.3 Å². The van der Waals surface area contributed by atoms with E-state index in [9.17, 15) is 5.11 Å². The predicted octanol–water partition coefficient (Wildman–Crippen LogP) is 1.17. The third kappa shape index (κ3) is 3.10. The highest BCUT2D eigenvalue weighted by atomic mass is 32.5. The van der Waals surface area contributed by atoms with Gasteiger partial charge in [-0.3, -0.25) is 0 Å². The van der Waals surface area contributed by atoms with Crippen LogP contribution in [0.4, 0.5) is 0 Å². The Kier molecular flexibility index (Phi) is 4.15. The lowest BCUT2D eigenvalue weighted by Crippen LogP contribution is -2.10. The first kappa shape index (κ1) is 13.9. The molecular formula is C9H11N4O4PS. The molecule has 0 aliphatic carbocycles. The number of benzene rings is 1. The molecule has 10 heteroatoms. The van der Waals surface area contributed by atoms with Crippen molar-refractivity contribution in [3.05, 3.63) is 30.6 Å². The minimum atomic E-state index is -3.28.